The fourth-order valence-electron chi connectivity index (χ4n) is 3.94. The minimum absolute atomic E-state index is 0.0300. The van der Waals surface area contributed by atoms with E-state index in [1.165, 1.54) is 26.2 Å². The molecule has 0 saturated heterocycles. The number of Topliss-reactive ketones (excluding diaryl/α,β-unsaturated/α-hetero) is 1. The third kappa shape index (κ3) is 4.73. The van der Waals surface area contributed by atoms with E-state index < -0.39 is 41.2 Å². The smallest absolute Gasteiger partial charge is 0.348 e. The van der Waals surface area contributed by atoms with E-state index in [1.807, 2.05) is 0 Å². The summed E-state index contributed by atoms with van der Waals surface area (Å²) in [5.41, 5.74) is 0. The van der Waals surface area contributed by atoms with Crippen LogP contribution in [-0.4, -0.2) is 41.0 Å². The second-order valence-electron chi connectivity index (χ2n) is 8.33. The fourth-order valence-corrected chi connectivity index (χ4v) is 7.85. The number of rotatable bonds is 4. The highest BCUT2D eigenvalue weighted by Gasteiger charge is 2.24. The van der Waals surface area contributed by atoms with E-state index in [4.69, 9.17) is 10.2 Å². The van der Waals surface area contributed by atoms with Crippen molar-refractivity contribution in [2.45, 2.75) is 6.92 Å². The van der Waals surface area contributed by atoms with Gasteiger partial charge in [0.05, 0.1) is 30.8 Å². The number of esters is 1. The zero-order chi connectivity index (χ0) is 29.9. The monoisotopic (exact) mass is 640 g/mol. The van der Waals surface area contributed by atoms with Crippen LogP contribution in [0.5, 0.6) is 0 Å². The number of halogens is 4. The lowest BCUT2D eigenvalue weighted by Crippen LogP contribution is -1.96. The molecule has 41 heavy (non-hydrogen) atoms. The number of hydrogen-bond donors (Lipinski definition) is 2. The third-order valence-corrected chi connectivity index (χ3v) is 10.4. The fraction of sp³-hybridized carbons (Fsp3) is 0.0769. The normalized spacial score (nSPS) is 11.3. The Morgan fingerprint density at radius 2 is 0.878 bits per heavy atom. The van der Waals surface area contributed by atoms with Gasteiger partial charge in [0.1, 0.15) is 37.9 Å². The zero-order valence-corrected chi connectivity index (χ0v) is 23.7. The van der Waals surface area contributed by atoms with Crippen LogP contribution in [0.1, 0.15) is 45.6 Å². The van der Waals surface area contributed by atoms with Gasteiger partial charge < -0.3 is 14.9 Å². The lowest BCUT2D eigenvalue weighted by atomic mass is 10.1. The molecule has 0 radical (unpaired) electrons. The van der Waals surface area contributed by atoms with Crippen LogP contribution in [-0.2, 0) is 4.74 Å². The number of carbonyl (C=O) groups excluding carboxylic acids is 2. The molecule has 0 aliphatic heterocycles. The molecule has 210 valence electrons. The van der Waals surface area contributed by atoms with Crippen LogP contribution in [0.15, 0.2) is 24.3 Å². The van der Waals surface area contributed by atoms with Crippen LogP contribution in [0, 0.1) is 23.3 Å². The summed E-state index contributed by atoms with van der Waals surface area (Å²) < 4.78 is 62.0. The lowest BCUT2D eigenvalue weighted by molar-refractivity contribution is 0.0604. The molecule has 0 bridgehead atoms. The van der Waals surface area contributed by atoms with Crippen molar-refractivity contribution < 1.29 is 51.7 Å². The van der Waals surface area contributed by atoms with Gasteiger partial charge in [-0.1, -0.05) is 0 Å². The Balaban J connectivity index is 0.000000165. The van der Waals surface area contributed by atoms with E-state index >= 15 is 0 Å². The summed E-state index contributed by atoms with van der Waals surface area (Å²) >= 11 is 2.98. The molecular weight excluding hydrogens is 629 g/mol. The van der Waals surface area contributed by atoms with E-state index in [9.17, 15) is 36.7 Å². The molecule has 0 spiro atoms. The Morgan fingerprint density at radius 3 is 1.20 bits per heavy atom. The zero-order valence-electron chi connectivity index (χ0n) is 20.4. The van der Waals surface area contributed by atoms with Gasteiger partial charge in [-0.3, -0.25) is 4.79 Å². The maximum Gasteiger partial charge on any atom is 0.348 e. The van der Waals surface area contributed by atoms with Gasteiger partial charge in [0.2, 0.25) is 0 Å². The minimum Gasteiger partial charge on any atom is -0.477 e. The number of fused-ring (bicyclic) bond motifs is 4. The van der Waals surface area contributed by atoms with Crippen molar-refractivity contribution in [3.05, 3.63) is 67.0 Å². The highest BCUT2D eigenvalue weighted by molar-refractivity contribution is 7.23. The van der Waals surface area contributed by atoms with Crippen LogP contribution < -0.4 is 0 Å². The average molecular weight is 641 g/mol. The largest absolute Gasteiger partial charge is 0.477 e. The Labute approximate surface area is 241 Å². The van der Waals surface area contributed by atoms with Crippen molar-refractivity contribution >= 4 is 109 Å². The number of thiophene rings is 4. The molecule has 7 nitrogen and oxygen atoms in total. The van der Waals surface area contributed by atoms with Gasteiger partial charge in [0, 0.05) is 21.5 Å². The number of methoxy groups -OCH3 is 1. The molecule has 6 aromatic rings. The lowest BCUT2D eigenvalue weighted by Gasteiger charge is -1.97. The van der Waals surface area contributed by atoms with Gasteiger partial charge in [0.25, 0.3) is 0 Å². The van der Waals surface area contributed by atoms with E-state index in [2.05, 4.69) is 4.74 Å². The summed E-state index contributed by atoms with van der Waals surface area (Å²) in [6, 6.07) is 4.73. The third-order valence-electron chi connectivity index (χ3n) is 5.83. The molecule has 4 heterocycles. The van der Waals surface area contributed by atoms with E-state index in [0.717, 1.165) is 34.8 Å². The quantitative estimate of drug-likeness (QED) is 0.113. The highest BCUT2D eigenvalue weighted by atomic mass is 32.1. The van der Waals surface area contributed by atoms with Crippen molar-refractivity contribution in [1.82, 2.24) is 0 Å². The molecule has 15 heteroatoms. The van der Waals surface area contributed by atoms with Crippen LogP contribution >= 0.6 is 45.3 Å². The summed E-state index contributed by atoms with van der Waals surface area (Å²) in [5, 5.41) is 17.5. The van der Waals surface area contributed by atoms with E-state index in [-0.39, 0.29) is 60.8 Å². The summed E-state index contributed by atoms with van der Waals surface area (Å²) in [6.45, 7) is 1.35. The first-order valence-corrected chi connectivity index (χ1v) is 14.3. The Bertz CT molecular complexity index is 1920. The van der Waals surface area contributed by atoms with E-state index in [1.54, 1.807) is 0 Å². The van der Waals surface area contributed by atoms with Gasteiger partial charge in [-0.2, -0.15) is 0 Å². The molecule has 6 rings (SSSR count). The number of hydrogen-bond acceptors (Lipinski definition) is 9. The predicted octanol–water partition coefficient (Wildman–Crippen LogP) is 8.17. The first-order valence-electron chi connectivity index (χ1n) is 11.1. The van der Waals surface area contributed by atoms with Crippen molar-refractivity contribution in [3.8, 4) is 0 Å². The SMILES string of the molecule is COC(=O)c1cc2c(F)c3sc(C(C)=O)cc3c(F)c2s1.O=C(O)c1cc2c(F)c3sc(C(=O)O)cc3c(F)c2s1. The van der Waals surface area contributed by atoms with Gasteiger partial charge >= 0.3 is 17.9 Å². The van der Waals surface area contributed by atoms with Crippen LogP contribution in [0.2, 0.25) is 0 Å². The van der Waals surface area contributed by atoms with Gasteiger partial charge in [-0.15, -0.1) is 45.3 Å². The Hall–Kier alpha value is -3.92. The highest BCUT2D eigenvalue weighted by Crippen LogP contribution is 2.41. The average Bonchev–Trinajstić information content (AvgIpc) is 3.73. The number of benzene rings is 2. The molecule has 0 aliphatic carbocycles. The molecule has 0 atom stereocenters. The van der Waals surface area contributed by atoms with Crippen LogP contribution in [0.3, 0.4) is 0 Å². The van der Waals surface area contributed by atoms with Gasteiger partial charge in [0.15, 0.2) is 5.78 Å². The van der Waals surface area contributed by atoms with Crippen LogP contribution in [0.4, 0.5) is 17.6 Å². The topological polar surface area (TPSA) is 118 Å². The number of aromatic carboxylic acids is 2. The summed E-state index contributed by atoms with van der Waals surface area (Å²) in [6.07, 6.45) is 0. The maximum absolute atomic E-state index is 14.5. The number of carboxylic acid groups (broad SMARTS) is 2. The second-order valence-corrected chi connectivity index (χ2v) is 12.5. The molecule has 0 amide bonds. The van der Waals surface area contributed by atoms with Crippen molar-refractivity contribution in [1.29, 1.82) is 0 Å². The molecular formula is C26H12F4O7S4. The molecule has 0 unspecified atom stereocenters. The van der Waals surface area contributed by atoms with Gasteiger partial charge in [-0.05, 0) is 31.2 Å². The molecule has 2 aromatic carbocycles. The van der Waals surface area contributed by atoms with Crippen molar-refractivity contribution in [3.63, 3.8) is 0 Å². The first-order chi connectivity index (χ1) is 19.3. The molecule has 0 aliphatic rings. The summed E-state index contributed by atoms with van der Waals surface area (Å²) in [7, 11) is 1.21. The Kier molecular flexibility index (Phi) is 7.31. The summed E-state index contributed by atoms with van der Waals surface area (Å²) in [4.78, 5) is 44.6. The summed E-state index contributed by atoms with van der Waals surface area (Å²) in [5.74, 6) is -6.23. The van der Waals surface area contributed by atoms with Gasteiger partial charge in [-0.25, -0.2) is 31.9 Å². The number of carbonyl (C=O) groups is 4. The maximum atomic E-state index is 14.5. The number of carboxylic acids is 2. The molecule has 2 N–H and O–H groups in total. The van der Waals surface area contributed by atoms with E-state index in [0.29, 0.717) is 27.6 Å². The second kappa shape index (κ2) is 10.5. The molecule has 0 saturated carbocycles. The van der Waals surface area contributed by atoms with Crippen molar-refractivity contribution in [2.24, 2.45) is 0 Å². The minimum atomic E-state index is -1.26. The predicted molar refractivity (Wildman–Crippen MR) is 150 cm³/mol. The molecule has 0 fully saturated rings. The Morgan fingerprint density at radius 1 is 0.585 bits per heavy atom. The van der Waals surface area contributed by atoms with Crippen LogP contribution in [0.25, 0.3) is 40.3 Å². The standard InChI is InChI=1S/C14H8F2O3S2.C12H4F2O4S2/c1-5(17)8-3-6-10(15)13-7(11(16)12(6)20-8)4-9(21-13)14(18)19-2;13-7-3-1-5(11(15)16)19-9(3)8(14)4-2-6(12(17)18)20-10(4)7/h3-4H,1-2H3;1-2H,(H,15,16)(H,17,18). The molecule has 4 aromatic heterocycles. The van der Waals surface area contributed by atoms with Crippen molar-refractivity contribution in [2.75, 3.05) is 7.11 Å². The first kappa shape index (κ1) is 28.6. The number of ether oxygens (including phenoxy) is 1. The number of ketones is 1.